The van der Waals surface area contributed by atoms with Crippen LogP contribution in [0, 0.1) is 5.82 Å². The first-order chi connectivity index (χ1) is 6.72. The molecule has 0 unspecified atom stereocenters. The molecule has 0 radical (unpaired) electrons. The molecule has 1 heterocycles. The van der Waals surface area contributed by atoms with E-state index in [0.717, 1.165) is 4.47 Å². The summed E-state index contributed by atoms with van der Waals surface area (Å²) in [5, 5.41) is 0.663. The Morgan fingerprint density at radius 1 is 1.29 bits per heavy atom. The molecule has 0 atom stereocenters. The lowest BCUT2D eigenvalue weighted by Gasteiger charge is -2.01. The van der Waals surface area contributed by atoms with E-state index in [9.17, 15) is 9.18 Å². The van der Waals surface area contributed by atoms with Crippen LogP contribution < -0.4 is 0 Å². The van der Waals surface area contributed by atoms with Gasteiger partial charge in [0.25, 0.3) is 0 Å². The fourth-order valence-corrected chi connectivity index (χ4v) is 1.68. The summed E-state index contributed by atoms with van der Waals surface area (Å²) in [6.45, 7) is 0. The third-order valence-corrected chi connectivity index (χ3v) is 2.59. The molecule has 0 amide bonds. The SMILES string of the molecule is O=Cc1ccc2c(Br)ccc(F)c2n1. The fourth-order valence-electron chi connectivity index (χ4n) is 1.23. The number of pyridine rings is 1. The molecule has 0 saturated carbocycles. The van der Waals surface area contributed by atoms with Crippen LogP contribution in [-0.4, -0.2) is 11.3 Å². The van der Waals surface area contributed by atoms with Gasteiger partial charge in [-0.2, -0.15) is 0 Å². The van der Waals surface area contributed by atoms with Crippen LogP contribution in [0.3, 0.4) is 0 Å². The molecule has 0 aliphatic heterocycles. The molecule has 1 aromatic heterocycles. The van der Waals surface area contributed by atoms with E-state index in [1.165, 1.54) is 6.07 Å². The van der Waals surface area contributed by atoms with Crippen molar-refractivity contribution in [2.45, 2.75) is 0 Å². The van der Waals surface area contributed by atoms with E-state index in [-0.39, 0.29) is 11.2 Å². The van der Waals surface area contributed by atoms with Crippen molar-refractivity contribution < 1.29 is 9.18 Å². The van der Waals surface area contributed by atoms with Crippen molar-refractivity contribution in [1.29, 1.82) is 0 Å². The Kier molecular flexibility index (Phi) is 2.29. The second kappa shape index (κ2) is 3.46. The molecule has 70 valence electrons. The van der Waals surface area contributed by atoms with E-state index in [0.29, 0.717) is 11.7 Å². The number of carbonyl (C=O) groups is 1. The number of halogens is 2. The van der Waals surface area contributed by atoms with Crippen LogP contribution in [0.4, 0.5) is 4.39 Å². The number of carbonyl (C=O) groups excluding carboxylic acids is 1. The largest absolute Gasteiger partial charge is 0.296 e. The number of aromatic nitrogens is 1. The monoisotopic (exact) mass is 253 g/mol. The van der Waals surface area contributed by atoms with E-state index in [1.54, 1.807) is 18.2 Å². The molecule has 0 N–H and O–H groups in total. The van der Waals surface area contributed by atoms with Crippen LogP contribution in [0.15, 0.2) is 28.7 Å². The van der Waals surface area contributed by atoms with Gasteiger partial charge in [-0.05, 0) is 24.3 Å². The Hall–Kier alpha value is -1.29. The van der Waals surface area contributed by atoms with Crippen LogP contribution in [-0.2, 0) is 0 Å². The van der Waals surface area contributed by atoms with Gasteiger partial charge in [0.1, 0.15) is 17.0 Å². The molecule has 4 heteroatoms. The molecule has 1 aromatic carbocycles. The maximum absolute atomic E-state index is 13.3. The highest BCUT2D eigenvalue weighted by atomic mass is 79.9. The fraction of sp³-hybridized carbons (Fsp3) is 0. The number of hydrogen-bond acceptors (Lipinski definition) is 2. The van der Waals surface area contributed by atoms with Crippen molar-refractivity contribution in [1.82, 2.24) is 4.98 Å². The molecule has 14 heavy (non-hydrogen) atoms. The van der Waals surface area contributed by atoms with Crippen molar-refractivity contribution in [3.05, 3.63) is 40.2 Å². The Bertz CT molecular complexity index is 513. The molecular weight excluding hydrogens is 249 g/mol. The summed E-state index contributed by atoms with van der Waals surface area (Å²) in [5.41, 5.74) is 0.443. The van der Waals surface area contributed by atoms with E-state index >= 15 is 0 Å². The third kappa shape index (κ3) is 1.42. The smallest absolute Gasteiger partial charge is 0.168 e. The van der Waals surface area contributed by atoms with E-state index in [2.05, 4.69) is 20.9 Å². The van der Waals surface area contributed by atoms with Crippen molar-refractivity contribution in [2.24, 2.45) is 0 Å². The zero-order valence-electron chi connectivity index (χ0n) is 7.00. The summed E-state index contributed by atoms with van der Waals surface area (Å²) in [7, 11) is 0. The molecule has 0 aliphatic rings. The van der Waals surface area contributed by atoms with Crippen LogP contribution in [0.2, 0.25) is 0 Å². The van der Waals surface area contributed by atoms with E-state index in [1.807, 2.05) is 0 Å². The minimum Gasteiger partial charge on any atom is -0.296 e. The lowest BCUT2D eigenvalue weighted by molar-refractivity contribution is 0.111. The third-order valence-electron chi connectivity index (χ3n) is 1.90. The van der Waals surface area contributed by atoms with Gasteiger partial charge >= 0.3 is 0 Å². The van der Waals surface area contributed by atoms with Gasteiger partial charge < -0.3 is 0 Å². The Morgan fingerprint density at radius 3 is 2.79 bits per heavy atom. The van der Waals surface area contributed by atoms with Crippen LogP contribution >= 0.6 is 15.9 Å². The van der Waals surface area contributed by atoms with E-state index < -0.39 is 5.82 Å². The standard InChI is InChI=1S/C10H5BrFNO/c11-8-3-4-9(12)10-7(8)2-1-6(5-14)13-10/h1-5H. The second-order valence-corrected chi connectivity index (χ2v) is 3.63. The van der Waals surface area contributed by atoms with Gasteiger partial charge in [-0.15, -0.1) is 0 Å². The first-order valence-electron chi connectivity index (χ1n) is 3.92. The maximum atomic E-state index is 13.3. The Labute approximate surface area is 87.9 Å². The van der Waals surface area contributed by atoms with Gasteiger partial charge in [-0.25, -0.2) is 9.37 Å². The molecule has 0 bridgehead atoms. The van der Waals surface area contributed by atoms with Gasteiger partial charge in [0.2, 0.25) is 0 Å². The summed E-state index contributed by atoms with van der Waals surface area (Å²) in [6, 6.07) is 6.15. The molecule has 2 nitrogen and oxygen atoms in total. The summed E-state index contributed by atoms with van der Waals surface area (Å²) < 4.78 is 14.0. The highest BCUT2D eigenvalue weighted by Gasteiger charge is 2.06. The van der Waals surface area contributed by atoms with Gasteiger partial charge in [-0.3, -0.25) is 4.79 Å². The van der Waals surface area contributed by atoms with E-state index in [4.69, 9.17) is 0 Å². The lowest BCUT2D eigenvalue weighted by atomic mass is 10.2. The Balaban J connectivity index is 2.86. The normalized spacial score (nSPS) is 10.4. The maximum Gasteiger partial charge on any atom is 0.168 e. The molecule has 0 spiro atoms. The average Bonchev–Trinajstić information content (AvgIpc) is 2.23. The first kappa shape index (κ1) is 9.27. The molecule has 0 aliphatic carbocycles. The zero-order valence-corrected chi connectivity index (χ0v) is 8.58. The number of rotatable bonds is 1. The van der Waals surface area contributed by atoms with Gasteiger partial charge in [-0.1, -0.05) is 15.9 Å². The van der Waals surface area contributed by atoms with Crippen LogP contribution in [0.1, 0.15) is 10.5 Å². The summed E-state index contributed by atoms with van der Waals surface area (Å²) in [6.07, 6.45) is 0.597. The number of aldehydes is 1. The van der Waals surface area contributed by atoms with Gasteiger partial charge in [0, 0.05) is 9.86 Å². The number of hydrogen-bond donors (Lipinski definition) is 0. The highest BCUT2D eigenvalue weighted by molar-refractivity contribution is 9.10. The Morgan fingerprint density at radius 2 is 2.07 bits per heavy atom. The predicted molar refractivity (Wildman–Crippen MR) is 54.8 cm³/mol. The summed E-state index contributed by atoms with van der Waals surface area (Å²) in [5.74, 6) is -0.424. The minimum atomic E-state index is -0.424. The molecule has 2 rings (SSSR count). The second-order valence-electron chi connectivity index (χ2n) is 2.78. The topological polar surface area (TPSA) is 30.0 Å². The van der Waals surface area contributed by atoms with Gasteiger partial charge in [0.15, 0.2) is 6.29 Å². The highest BCUT2D eigenvalue weighted by Crippen LogP contribution is 2.24. The molecule has 0 saturated heterocycles. The summed E-state index contributed by atoms with van der Waals surface area (Å²) >= 11 is 3.28. The van der Waals surface area contributed by atoms with Crippen molar-refractivity contribution in [3.8, 4) is 0 Å². The number of benzene rings is 1. The average molecular weight is 254 g/mol. The minimum absolute atomic E-state index is 0.212. The molecule has 0 fully saturated rings. The summed E-state index contributed by atoms with van der Waals surface area (Å²) in [4.78, 5) is 14.3. The van der Waals surface area contributed by atoms with Crippen molar-refractivity contribution >= 4 is 33.1 Å². The van der Waals surface area contributed by atoms with Crippen LogP contribution in [0.5, 0.6) is 0 Å². The first-order valence-corrected chi connectivity index (χ1v) is 4.71. The van der Waals surface area contributed by atoms with Gasteiger partial charge in [0.05, 0.1) is 0 Å². The quantitative estimate of drug-likeness (QED) is 0.732. The number of fused-ring (bicyclic) bond motifs is 1. The van der Waals surface area contributed by atoms with Crippen molar-refractivity contribution in [3.63, 3.8) is 0 Å². The van der Waals surface area contributed by atoms with Crippen molar-refractivity contribution in [2.75, 3.05) is 0 Å². The lowest BCUT2D eigenvalue weighted by Crippen LogP contribution is -1.90. The predicted octanol–water partition coefficient (Wildman–Crippen LogP) is 2.95. The molecular formula is C10H5BrFNO. The number of nitrogens with zero attached hydrogens (tertiary/aromatic N) is 1. The molecule has 2 aromatic rings. The van der Waals surface area contributed by atoms with Crippen LogP contribution in [0.25, 0.3) is 10.9 Å². The zero-order chi connectivity index (χ0) is 10.1.